The molecule has 0 aromatic carbocycles. The van der Waals surface area contributed by atoms with Gasteiger partial charge < -0.3 is 5.11 Å². The number of likely N-dealkylation sites (tertiary alicyclic amines) is 1. The first kappa shape index (κ1) is 9.43. The van der Waals surface area contributed by atoms with Crippen LogP contribution in [-0.4, -0.2) is 31.8 Å². The highest BCUT2D eigenvalue weighted by molar-refractivity contribution is 14.1. The van der Waals surface area contributed by atoms with Gasteiger partial charge in [0.1, 0.15) is 0 Å². The molecule has 0 radical (unpaired) electrons. The lowest BCUT2D eigenvalue weighted by molar-refractivity contribution is -0.149. The van der Waals surface area contributed by atoms with E-state index in [0.29, 0.717) is 0 Å². The van der Waals surface area contributed by atoms with Crippen molar-refractivity contribution in [2.75, 3.05) is 0 Å². The minimum absolute atomic E-state index is 0.131. The van der Waals surface area contributed by atoms with Crippen LogP contribution in [0, 0.1) is 0 Å². The van der Waals surface area contributed by atoms with E-state index < -0.39 is 21.8 Å². The molecular weight excluding hydrogens is 277 g/mol. The molecule has 0 aliphatic carbocycles. The predicted molar refractivity (Wildman–Crippen MR) is 46.5 cm³/mol. The van der Waals surface area contributed by atoms with Gasteiger partial charge in [-0.25, -0.2) is 4.79 Å². The summed E-state index contributed by atoms with van der Waals surface area (Å²) in [6.07, 6.45) is 0.261. The molecular formula is C6H6INO4. The highest BCUT2D eigenvalue weighted by atomic mass is 127. The van der Waals surface area contributed by atoms with Crippen LogP contribution in [0.5, 0.6) is 0 Å². The summed E-state index contributed by atoms with van der Waals surface area (Å²) in [4.78, 5) is 33.2. The number of imide groups is 1. The second-order valence-electron chi connectivity index (χ2n) is 2.33. The second-order valence-corrected chi connectivity index (χ2v) is 3.51. The Balaban J connectivity index is 2.79. The summed E-state index contributed by atoms with van der Waals surface area (Å²) in [6, 6.07) is 0. The van der Waals surface area contributed by atoms with Crippen molar-refractivity contribution >= 4 is 40.4 Å². The van der Waals surface area contributed by atoms with E-state index in [4.69, 9.17) is 5.11 Å². The molecule has 1 atom stereocenters. The predicted octanol–water partition coefficient (Wildman–Crippen LogP) is -0.0189. The lowest BCUT2D eigenvalue weighted by atomic mass is 10.4. The van der Waals surface area contributed by atoms with Gasteiger partial charge in [0.2, 0.25) is 11.8 Å². The molecule has 1 aliphatic rings. The number of amides is 2. The maximum atomic E-state index is 11.0. The van der Waals surface area contributed by atoms with Gasteiger partial charge in [-0.1, -0.05) is 0 Å². The topological polar surface area (TPSA) is 74.7 Å². The standard InChI is InChI=1S/C6H6INO4/c7-5(6(11)12)8-3(9)1-2-4(8)10/h5H,1-2H2,(H,11,12). The number of hydrogen-bond acceptors (Lipinski definition) is 3. The zero-order chi connectivity index (χ0) is 9.30. The third kappa shape index (κ3) is 1.57. The smallest absolute Gasteiger partial charge is 0.337 e. The lowest BCUT2D eigenvalue weighted by Gasteiger charge is -2.16. The molecule has 1 heterocycles. The van der Waals surface area contributed by atoms with Crippen molar-refractivity contribution in [3.8, 4) is 0 Å². The molecule has 6 heteroatoms. The first-order chi connectivity index (χ1) is 5.54. The average molecular weight is 283 g/mol. The van der Waals surface area contributed by atoms with E-state index in [2.05, 4.69) is 0 Å². The van der Waals surface area contributed by atoms with Crippen LogP contribution in [-0.2, 0) is 14.4 Å². The molecule has 1 saturated heterocycles. The minimum atomic E-state index is -1.17. The first-order valence-corrected chi connectivity index (χ1v) is 4.50. The Morgan fingerprint density at radius 2 is 1.83 bits per heavy atom. The molecule has 0 saturated carbocycles. The highest BCUT2D eigenvalue weighted by Crippen LogP contribution is 2.19. The first-order valence-electron chi connectivity index (χ1n) is 3.26. The molecule has 0 spiro atoms. The number of carboxylic acid groups (broad SMARTS) is 1. The highest BCUT2D eigenvalue weighted by Gasteiger charge is 2.37. The van der Waals surface area contributed by atoms with Crippen LogP contribution in [0.3, 0.4) is 0 Å². The summed E-state index contributed by atoms with van der Waals surface area (Å²) in [7, 11) is 0. The minimum Gasteiger partial charge on any atom is -0.479 e. The van der Waals surface area contributed by atoms with Crippen LogP contribution in [0.15, 0.2) is 0 Å². The molecule has 1 aliphatic heterocycles. The number of halogens is 1. The molecule has 1 fully saturated rings. The van der Waals surface area contributed by atoms with Crippen molar-refractivity contribution in [2.45, 2.75) is 16.9 Å². The van der Waals surface area contributed by atoms with Gasteiger partial charge in [-0.15, -0.1) is 0 Å². The second kappa shape index (κ2) is 3.38. The fraction of sp³-hybridized carbons (Fsp3) is 0.500. The van der Waals surface area contributed by atoms with E-state index in [1.807, 2.05) is 0 Å². The van der Waals surface area contributed by atoms with Gasteiger partial charge in [0.15, 0.2) is 4.05 Å². The summed E-state index contributed by atoms with van der Waals surface area (Å²) in [6.45, 7) is 0. The van der Waals surface area contributed by atoms with Crippen molar-refractivity contribution in [1.29, 1.82) is 0 Å². The van der Waals surface area contributed by atoms with Crippen LogP contribution in [0.4, 0.5) is 0 Å². The maximum Gasteiger partial charge on any atom is 0.337 e. The van der Waals surface area contributed by atoms with E-state index in [1.54, 1.807) is 22.6 Å². The van der Waals surface area contributed by atoms with E-state index in [0.717, 1.165) is 4.90 Å². The summed E-state index contributed by atoms with van der Waals surface area (Å²) in [5.74, 6) is -1.97. The van der Waals surface area contributed by atoms with Gasteiger partial charge >= 0.3 is 5.97 Å². The number of aliphatic carboxylic acids is 1. The molecule has 0 aromatic heterocycles. The van der Waals surface area contributed by atoms with Crippen molar-refractivity contribution in [1.82, 2.24) is 4.90 Å². The van der Waals surface area contributed by atoms with Crippen LogP contribution in [0.25, 0.3) is 0 Å². The third-order valence-corrected chi connectivity index (χ3v) is 2.61. The van der Waals surface area contributed by atoms with Gasteiger partial charge in [-0.3, -0.25) is 14.5 Å². The number of carboxylic acids is 1. The van der Waals surface area contributed by atoms with Crippen molar-refractivity contribution in [3.63, 3.8) is 0 Å². The number of hydrogen-bond donors (Lipinski definition) is 1. The molecule has 1 rings (SSSR count). The van der Waals surface area contributed by atoms with E-state index in [1.165, 1.54) is 0 Å². The van der Waals surface area contributed by atoms with E-state index in [-0.39, 0.29) is 12.8 Å². The third-order valence-electron chi connectivity index (χ3n) is 1.52. The van der Waals surface area contributed by atoms with Crippen molar-refractivity contribution in [3.05, 3.63) is 0 Å². The fourth-order valence-electron chi connectivity index (χ4n) is 0.957. The monoisotopic (exact) mass is 283 g/mol. The zero-order valence-corrected chi connectivity index (χ0v) is 8.15. The Morgan fingerprint density at radius 1 is 1.42 bits per heavy atom. The van der Waals surface area contributed by atoms with E-state index >= 15 is 0 Å². The van der Waals surface area contributed by atoms with Gasteiger partial charge in [-0.05, 0) is 22.6 Å². The van der Waals surface area contributed by atoms with Crippen LogP contribution in [0.1, 0.15) is 12.8 Å². The molecule has 1 N–H and O–H groups in total. The number of carbonyl (C=O) groups excluding carboxylic acids is 2. The lowest BCUT2D eigenvalue weighted by Crippen LogP contribution is -2.40. The Bertz CT molecular complexity index is 236. The molecule has 0 aromatic rings. The Hall–Kier alpha value is -0.660. The Kier molecular flexibility index (Phi) is 2.65. The molecule has 1 unspecified atom stereocenters. The summed E-state index contributed by atoms with van der Waals surface area (Å²) < 4.78 is -1.06. The van der Waals surface area contributed by atoms with Gasteiger partial charge in [-0.2, -0.15) is 0 Å². The van der Waals surface area contributed by atoms with Gasteiger partial charge in [0.25, 0.3) is 0 Å². The maximum absolute atomic E-state index is 11.0. The Morgan fingerprint density at radius 3 is 2.17 bits per heavy atom. The average Bonchev–Trinajstić information content (AvgIpc) is 2.30. The van der Waals surface area contributed by atoms with Crippen molar-refractivity contribution < 1.29 is 19.5 Å². The quantitative estimate of drug-likeness (QED) is 0.334. The number of rotatable bonds is 2. The summed E-state index contributed by atoms with van der Waals surface area (Å²) >= 11 is 1.55. The summed E-state index contributed by atoms with van der Waals surface area (Å²) in [5.41, 5.74) is 0. The fourth-order valence-corrected chi connectivity index (χ4v) is 1.58. The van der Waals surface area contributed by atoms with Gasteiger partial charge in [0.05, 0.1) is 0 Å². The number of carbonyl (C=O) groups is 3. The SMILES string of the molecule is O=C(O)C(I)N1C(=O)CCC1=O. The molecule has 0 bridgehead atoms. The largest absolute Gasteiger partial charge is 0.479 e. The molecule has 2 amide bonds. The Labute approximate surface area is 81.9 Å². The molecule has 66 valence electrons. The number of nitrogens with zero attached hydrogens (tertiary/aromatic N) is 1. The zero-order valence-electron chi connectivity index (χ0n) is 5.99. The van der Waals surface area contributed by atoms with Crippen LogP contribution in [0.2, 0.25) is 0 Å². The van der Waals surface area contributed by atoms with Crippen LogP contribution < -0.4 is 0 Å². The van der Waals surface area contributed by atoms with Crippen LogP contribution >= 0.6 is 22.6 Å². The summed E-state index contributed by atoms with van der Waals surface area (Å²) in [5, 5.41) is 8.52. The molecule has 12 heavy (non-hydrogen) atoms. The number of alkyl halides is 1. The molecule has 5 nitrogen and oxygen atoms in total. The van der Waals surface area contributed by atoms with E-state index in [9.17, 15) is 14.4 Å². The normalized spacial score (nSPS) is 19.9. The van der Waals surface area contributed by atoms with Gasteiger partial charge in [0, 0.05) is 12.8 Å². The van der Waals surface area contributed by atoms with Crippen molar-refractivity contribution in [2.24, 2.45) is 0 Å².